The van der Waals surface area contributed by atoms with E-state index in [1.165, 1.54) is 12.3 Å². The number of hydrogen-bond donors (Lipinski definition) is 2. The molecule has 0 aromatic carbocycles. The highest BCUT2D eigenvalue weighted by Gasteiger charge is 2.15. The van der Waals surface area contributed by atoms with Crippen molar-refractivity contribution < 1.29 is 8.42 Å². The van der Waals surface area contributed by atoms with Crippen LogP contribution in [0.15, 0.2) is 41.7 Å². The molecular weight excluding hydrogens is 288 g/mol. The third-order valence-electron chi connectivity index (χ3n) is 2.87. The van der Waals surface area contributed by atoms with E-state index < -0.39 is 10.0 Å². The number of anilines is 2. The number of nitrogens with one attached hydrogen (secondary N) is 2. The van der Waals surface area contributed by atoms with Crippen molar-refractivity contribution in [1.29, 1.82) is 0 Å². The van der Waals surface area contributed by atoms with Crippen molar-refractivity contribution in [1.82, 2.24) is 9.97 Å². The second-order valence-corrected chi connectivity index (χ2v) is 6.28. The fourth-order valence-electron chi connectivity index (χ4n) is 1.69. The van der Waals surface area contributed by atoms with Gasteiger partial charge in [0.15, 0.2) is 0 Å². The maximum absolute atomic E-state index is 12.3. The lowest BCUT2D eigenvalue weighted by molar-refractivity contribution is 0.601. The smallest absolute Gasteiger partial charge is 0.263 e. The molecule has 6 nitrogen and oxygen atoms in total. The highest BCUT2D eigenvalue weighted by atomic mass is 32.2. The van der Waals surface area contributed by atoms with Crippen LogP contribution in [0.2, 0.25) is 0 Å². The van der Waals surface area contributed by atoms with Crippen LogP contribution in [-0.4, -0.2) is 24.9 Å². The molecule has 0 amide bonds. The molecule has 112 valence electrons. The molecule has 2 rings (SSSR count). The van der Waals surface area contributed by atoms with Crippen LogP contribution in [0.3, 0.4) is 0 Å². The van der Waals surface area contributed by atoms with E-state index in [1.807, 2.05) is 6.92 Å². The first-order valence-electron chi connectivity index (χ1n) is 6.66. The van der Waals surface area contributed by atoms with Crippen molar-refractivity contribution in [2.75, 3.05) is 16.6 Å². The van der Waals surface area contributed by atoms with Gasteiger partial charge in [0.1, 0.15) is 10.7 Å². The largest absolute Gasteiger partial charge is 0.370 e. The molecule has 0 aliphatic carbocycles. The van der Waals surface area contributed by atoms with Crippen LogP contribution in [0, 0.1) is 6.92 Å². The number of aromatic nitrogens is 2. The maximum Gasteiger partial charge on any atom is 0.263 e. The predicted octanol–water partition coefficient (Wildman–Crippen LogP) is 2.41. The molecule has 0 atom stereocenters. The Morgan fingerprint density at radius 2 is 2.00 bits per heavy atom. The van der Waals surface area contributed by atoms with Gasteiger partial charge in [0.25, 0.3) is 10.0 Å². The minimum Gasteiger partial charge on any atom is -0.370 e. The van der Waals surface area contributed by atoms with Crippen LogP contribution >= 0.6 is 0 Å². The van der Waals surface area contributed by atoms with Crippen LogP contribution < -0.4 is 10.0 Å². The fraction of sp³-hybridized carbons (Fsp3) is 0.286. The SMILES string of the molecule is CCCNc1ccc(S(=O)(=O)Nc2ccncc2C)cn1. The number of rotatable bonds is 6. The zero-order valence-corrected chi connectivity index (χ0v) is 12.8. The minimum atomic E-state index is -3.64. The van der Waals surface area contributed by atoms with E-state index in [0.29, 0.717) is 11.5 Å². The van der Waals surface area contributed by atoms with E-state index in [9.17, 15) is 8.42 Å². The van der Waals surface area contributed by atoms with Gasteiger partial charge >= 0.3 is 0 Å². The Hall–Kier alpha value is -2.15. The van der Waals surface area contributed by atoms with Gasteiger partial charge < -0.3 is 5.32 Å². The van der Waals surface area contributed by atoms with Crippen molar-refractivity contribution in [2.24, 2.45) is 0 Å². The van der Waals surface area contributed by atoms with Crippen LogP contribution in [-0.2, 0) is 10.0 Å². The Kier molecular flexibility index (Phi) is 4.74. The van der Waals surface area contributed by atoms with Gasteiger partial charge in [-0.2, -0.15) is 0 Å². The van der Waals surface area contributed by atoms with Gasteiger partial charge in [-0.3, -0.25) is 9.71 Å². The van der Waals surface area contributed by atoms with Gasteiger partial charge in [-0.1, -0.05) is 6.92 Å². The van der Waals surface area contributed by atoms with Gasteiger partial charge in [0.2, 0.25) is 0 Å². The lowest BCUT2D eigenvalue weighted by Gasteiger charge is -2.10. The summed E-state index contributed by atoms with van der Waals surface area (Å²) < 4.78 is 27.1. The molecule has 2 heterocycles. The van der Waals surface area contributed by atoms with Crippen LogP contribution in [0.5, 0.6) is 0 Å². The van der Waals surface area contributed by atoms with Crippen LogP contribution in [0.1, 0.15) is 18.9 Å². The second-order valence-electron chi connectivity index (χ2n) is 4.60. The molecular formula is C14H18N4O2S. The highest BCUT2D eigenvalue weighted by Crippen LogP contribution is 2.18. The third kappa shape index (κ3) is 3.91. The van der Waals surface area contributed by atoms with E-state index in [1.54, 1.807) is 31.5 Å². The molecule has 0 saturated heterocycles. The van der Waals surface area contributed by atoms with E-state index in [-0.39, 0.29) is 4.90 Å². The zero-order valence-electron chi connectivity index (χ0n) is 12.0. The minimum absolute atomic E-state index is 0.126. The standard InChI is InChI=1S/C14H18N4O2S/c1-3-7-16-14-5-4-12(10-17-14)21(19,20)18-13-6-8-15-9-11(13)2/h4-6,8-10H,3,7H2,1-2H3,(H,15,18)(H,16,17). The lowest BCUT2D eigenvalue weighted by Crippen LogP contribution is -2.14. The molecule has 2 N–H and O–H groups in total. The average molecular weight is 306 g/mol. The molecule has 0 aliphatic rings. The highest BCUT2D eigenvalue weighted by molar-refractivity contribution is 7.92. The quantitative estimate of drug-likeness (QED) is 0.856. The molecule has 0 spiro atoms. The topological polar surface area (TPSA) is 84.0 Å². The number of aryl methyl sites for hydroxylation is 1. The molecule has 0 aliphatic heterocycles. The molecule has 0 unspecified atom stereocenters. The number of sulfonamides is 1. The van der Waals surface area contributed by atoms with Crippen molar-refractivity contribution in [3.63, 3.8) is 0 Å². The molecule has 2 aromatic rings. The van der Waals surface area contributed by atoms with E-state index in [2.05, 4.69) is 20.0 Å². The second kappa shape index (κ2) is 6.53. The Morgan fingerprint density at radius 1 is 1.19 bits per heavy atom. The maximum atomic E-state index is 12.3. The molecule has 0 fully saturated rings. The first-order valence-corrected chi connectivity index (χ1v) is 8.14. The van der Waals surface area contributed by atoms with Gasteiger partial charge in [-0.25, -0.2) is 13.4 Å². The van der Waals surface area contributed by atoms with Crippen molar-refractivity contribution in [3.05, 3.63) is 42.4 Å². The Morgan fingerprint density at radius 3 is 2.62 bits per heavy atom. The lowest BCUT2D eigenvalue weighted by atomic mass is 10.3. The average Bonchev–Trinajstić information content (AvgIpc) is 2.48. The predicted molar refractivity (Wildman–Crippen MR) is 82.8 cm³/mol. The number of pyridine rings is 2. The van der Waals surface area contributed by atoms with Crippen LogP contribution in [0.4, 0.5) is 11.5 Å². The molecule has 7 heteroatoms. The van der Waals surface area contributed by atoms with E-state index in [4.69, 9.17) is 0 Å². The van der Waals surface area contributed by atoms with Gasteiger partial charge in [0, 0.05) is 25.1 Å². The number of nitrogens with zero attached hydrogens (tertiary/aromatic N) is 2. The summed E-state index contributed by atoms with van der Waals surface area (Å²) in [6.45, 7) is 4.64. The zero-order chi connectivity index (χ0) is 15.3. The van der Waals surface area contributed by atoms with Crippen molar-refractivity contribution in [3.8, 4) is 0 Å². The Labute approximate surface area is 124 Å². The Balaban J connectivity index is 2.18. The summed E-state index contributed by atoms with van der Waals surface area (Å²) in [5.74, 6) is 0.663. The monoisotopic (exact) mass is 306 g/mol. The number of hydrogen-bond acceptors (Lipinski definition) is 5. The molecule has 21 heavy (non-hydrogen) atoms. The summed E-state index contributed by atoms with van der Waals surface area (Å²) in [6.07, 6.45) is 5.47. The normalized spacial score (nSPS) is 11.1. The summed E-state index contributed by atoms with van der Waals surface area (Å²) in [5, 5.41) is 3.10. The summed E-state index contributed by atoms with van der Waals surface area (Å²) >= 11 is 0. The van der Waals surface area contributed by atoms with E-state index >= 15 is 0 Å². The molecule has 2 aromatic heterocycles. The van der Waals surface area contributed by atoms with Gasteiger partial charge in [-0.15, -0.1) is 0 Å². The third-order valence-corrected chi connectivity index (χ3v) is 4.22. The first kappa shape index (κ1) is 15.2. The fourth-order valence-corrected chi connectivity index (χ4v) is 2.76. The summed E-state index contributed by atoms with van der Waals surface area (Å²) in [6, 6.07) is 4.81. The van der Waals surface area contributed by atoms with Crippen molar-refractivity contribution in [2.45, 2.75) is 25.2 Å². The molecule has 0 bridgehead atoms. The molecule has 0 saturated carbocycles. The Bertz CT molecular complexity index is 699. The summed E-state index contributed by atoms with van der Waals surface area (Å²) in [5.41, 5.74) is 1.27. The van der Waals surface area contributed by atoms with E-state index in [0.717, 1.165) is 18.5 Å². The van der Waals surface area contributed by atoms with Gasteiger partial charge in [-0.05, 0) is 37.1 Å². The summed E-state index contributed by atoms with van der Waals surface area (Å²) in [7, 11) is -3.64. The molecule has 0 radical (unpaired) electrons. The van der Waals surface area contributed by atoms with Crippen molar-refractivity contribution >= 4 is 21.5 Å². The van der Waals surface area contributed by atoms with Crippen LogP contribution in [0.25, 0.3) is 0 Å². The first-order chi connectivity index (χ1) is 10.0. The van der Waals surface area contributed by atoms with Gasteiger partial charge in [0.05, 0.1) is 5.69 Å². The summed E-state index contributed by atoms with van der Waals surface area (Å²) in [4.78, 5) is 8.16.